The highest BCUT2D eigenvalue weighted by atomic mass is 19.1. The minimum Gasteiger partial charge on any atom is -0.456 e. The van der Waals surface area contributed by atoms with Crippen LogP contribution in [0.2, 0.25) is 0 Å². The summed E-state index contributed by atoms with van der Waals surface area (Å²) in [5, 5.41) is 2.27. The van der Waals surface area contributed by atoms with Crippen molar-refractivity contribution in [3.05, 3.63) is 234 Å². The first-order chi connectivity index (χ1) is 27.7. The van der Waals surface area contributed by atoms with E-state index in [0.717, 1.165) is 56.0 Å². The summed E-state index contributed by atoms with van der Waals surface area (Å²) in [5.41, 5.74) is 14.2. The summed E-state index contributed by atoms with van der Waals surface area (Å²) in [7, 11) is 0. The van der Waals surface area contributed by atoms with Gasteiger partial charge in [0, 0.05) is 28.0 Å². The Morgan fingerprint density at radius 1 is 0.393 bits per heavy atom. The quantitative estimate of drug-likeness (QED) is 0.170. The van der Waals surface area contributed by atoms with Gasteiger partial charge in [0.2, 0.25) is 0 Å². The molecule has 3 heteroatoms. The molecule has 11 rings (SSSR count). The number of ether oxygens (including phenoxy) is 1. The van der Waals surface area contributed by atoms with E-state index in [1.807, 2.05) is 24.3 Å². The fourth-order valence-electron chi connectivity index (χ4n) is 9.24. The second kappa shape index (κ2) is 12.7. The molecule has 9 aromatic carbocycles. The molecule has 0 amide bonds. The molecular formula is C53H34FNO. The third-order valence-corrected chi connectivity index (χ3v) is 11.6. The number of hydrogen-bond acceptors (Lipinski definition) is 2. The Hall–Kier alpha value is -7.23. The van der Waals surface area contributed by atoms with Crippen molar-refractivity contribution < 1.29 is 9.13 Å². The summed E-state index contributed by atoms with van der Waals surface area (Å²) in [6.45, 7) is 0. The van der Waals surface area contributed by atoms with Crippen LogP contribution >= 0.6 is 0 Å². The molecule has 264 valence electrons. The summed E-state index contributed by atoms with van der Waals surface area (Å²) >= 11 is 0. The van der Waals surface area contributed by atoms with Crippen LogP contribution in [0.3, 0.4) is 0 Å². The molecule has 0 atom stereocenters. The van der Waals surface area contributed by atoms with Gasteiger partial charge in [-0.15, -0.1) is 0 Å². The normalized spacial score (nSPS) is 13.0. The van der Waals surface area contributed by atoms with E-state index in [0.29, 0.717) is 0 Å². The Morgan fingerprint density at radius 3 is 1.71 bits per heavy atom. The van der Waals surface area contributed by atoms with Gasteiger partial charge in [-0.3, -0.25) is 0 Å². The van der Waals surface area contributed by atoms with Gasteiger partial charge in [0.05, 0.1) is 5.41 Å². The SMILES string of the molecule is Fc1ccc(N(c2ccc(-c3ccc4c5c(cccc35)-c3ccccc3O4)cc2)c2ccc3c(c2)-c2ccccc2C3(c2ccccc2)c2ccccc2)cc1. The maximum Gasteiger partial charge on any atom is 0.135 e. The van der Waals surface area contributed by atoms with E-state index in [9.17, 15) is 4.39 Å². The number of para-hydroxylation sites is 1. The molecule has 0 spiro atoms. The number of halogens is 1. The first-order valence-electron chi connectivity index (χ1n) is 19.0. The number of rotatable bonds is 6. The molecule has 0 saturated heterocycles. The fraction of sp³-hybridized carbons (Fsp3) is 0.0189. The van der Waals surface area contributed by atoms with E-state index < -0.39 is 5.41 Å². The Bertz CT molecular complexity index is 2900. The topological polar surface area (TPSA) is 12.5 Å². The summed E-state index contributed by atoms with van der Waals surface area (Å²) in [6.07, 6.45) is 0. The molecule has 1 aliphatic carbocycles. The minimum absolute atomic E-state index is 0.267. The molecule has 0 radical (unpaired) electrons. The zero-order valence-electron chi connectivity index (χ0n) is 30.4. The van der Waals surface area contributed by atoms with Crippen LogP contribution in [-0.4, -0.2) is 0 Å². The van der Waals surface area contributed by atoms with Crippen molar-refractivity contribution in [3.8, 4) is 44.9 Å². The Kier molecular flexibility index (Phi) is 7.30. The smallest absolute Gasteiger partial charge is 0.135 e. The van der Waals surface area contributed by atoms with Gasteiger partial charge in [0.1, 0.15) is 17.3 Å². The molecular weight excluding hydrogens is 686 g/mol. The number of fused-ring (bicyclic) bond motifs is 5. The summed E-state index contributed by atoms with van der Waals surface area (Å²) in [6, 6.07) is 71.7. The van der Waals surface area contributed by atoms with Gasteiger partial charge in [-0.1, -0.05) is 146 Å². The highest BCUT2D eigenvalue weighted by Crippen LogP contribution is 2.57. The number of nitrogens with zero attached hydrogens (tertiary/aromatic N) is 1. The van der Waals surface area contributed by atoms with Gasteiger partial charge < -0.3 is 9.64 Å². The lowest BCUT2D eigenvalue weighted by atomic mass is 9.68. The standard InChI is InChI=1S/C53H34FNO/c54-38-24-28-40(29-25-38)55(39-26-22-35(23-27-39)42-31-33-51-52-45(42)18-11-19-46(52)44-17-8-10-21-50(44)56-51)41-30-32-49-47(34-41)43-16-7-9-20-48(43)53(49,36-12-3-1-4-13-36)37-14-5-2-6-15-37/h1-34H. The third kappa shape index (κ3) is 4.81. The second-order valence-corrected chi connectivity index (χ2v) is 14.6. The zero-order valence-corrected chi connectivity index (χ0v) is 30.4. The van der Waals surface area contributed by atoms with Crippen LogP contribution in [0.15, 0.2) is 206 Å². The Balaban J connectivity index is 1.06. The summed E-state index contributed by atoms with van der Waals surface area (Å²) in [4.78, 5) is 2.22. The maximum atomic E-state index is 14.4. The van der Waals surface area contributed by atoms with Gasteiger partial charge >= 0.3 is 0 Å². The lowest BCUT2D eigenvalue weighted by Gasteiger charge is -2.34. The molecule has 0 unspecified atom stereocenters. The average Bonchev–Trinajstić information content (AvgIpc) is 3.56. The first-order valence-corrected chi connectivity index (χ1v) is 19.0. The highest BCUT2D eigenvalue weighted by Gasteiger charge is 2.46. The molecule has 1 aliphatic heterocycles. The zero-order chi connectivity index (χ0) is 37.2. The van der Waals surface area contributed by atoms with Crippen LogP contribution in [0.1, 0.15) is 22.3 Å². The van der Waals surface area contributed by atoms with Gasteiger partial charge in [0.15, 0.2) is 0 Å². The fourth-order valence-corrected chi connectivity index (χ4v) is 9.24. The van der Waals surface area contributed by atoms with E-state index in [1.54, 1.807) is 0 Å². The largest absolute Gasteiger partial charge is 0.456 e. The predicted molar refractivity (Wildman–Crippen MR) is 227 cm³/mol. The van der Waals surface area contributed by atoms with E-state index in [1.165, 1.54) is 51.1 Å². The van der Waals surface area contributed by atoms with Crippen molar-refractivity contribution in [2.45, 2.75) is 5.41 Å². The number of benzene rings is 9. The number of hydrogen-bond donors (Lipinski definition) is 0. The molecule has 0 saturated carbocycles. The molecule has 1 heterocycles. The molecule has 2 aliphatic rings. The highest BCUT2D eigenvalue weighted by molar-refractivity contribution is 6.10. The van der Waals surface area contributed by atoms with Crippen LogP contribution in [0.4, 0.5) is 21.5 Å². The van der Waals surface area contributed by atoms with Crippen LogP contribution in [0.5, 0.6) is 11.5 Å². The van der Waals surface area contributed by atoms with Gasteiger partial charge in [0.25, 0.3) is 0 Å². The van der Waals surface area contributed by atoms with Crippen LogP contribution in [0, 0.1) is 5.82 Å². The minimum atomic E-state index is -0.485. The lowest BCUT2D eigenvalue weighted by Crippen LogP contribution is -2.28. The molecule has 0 bridgehead atoms. The third-order valence-electron chi connectivity index (χ3n) is 11.6. The van der Waals surface area contributed by atoms with Crippen molar-refractivity contribution in [3.63, 3.8) is 0 Å². The molecule has 0 fully saturated rings. The van der Waals surface area contributed by atoms with Crippen LogP contribution < -0.4 is 9.64 Å². The molecule has 56 heavy (non-hydrogen) atoms. The van der Waals surface area contributed by atoms with Gasteiger partial charge in [-0.05, 0) is 116 Å². The molecule has 2 nitrogen and oxygen atoms in total. The monoisotopic (exact) mass is 719 g/mol. The van der Waals surface area contributed by atoms with E-state index in [-0.39, 0.29) is 5.82 Å². The Morgan fingerprint density at radius 2 is 0.982 bits per heavy atom. The number of anilines is 3. The molecule has 9 aromatic rings. The van der Waals surface area contributed by atoms with Crippen molar-refractivity contribution in [2.24, 2.45) is 0 Å². The Labute approximate surface area is 325 Å². The van der Waals surface area contributed by atoms with Crippen LogP contribution in [0.25, 0.3) is 44.2 Å². The van der Waals surface area contributed by atoms with Crippen molar-refractivity contribution in [2.75, 3.05) is 4.90 Å². The molecule has 0 aromatic heterocycles. The predicted octanol–water partition coefficient (Wildman–Crippen LogP) is 14.3. The molecule has 0 N–H and O–H groups in total. The van der Waals surface area contributed by atoms with E-state index >= 15 is 0 Å². The van der Waals surface area contributed by atoms with E-state index in [4.69, 9.17) is 4.74 Å². The summed E-state index contributed by atoms with van der Waals surface area (Å²) in [5.74, 6) is 1.49. The maximum absolute atomic E-state index is 14.4. The van der Waals surface area contributed by atoms with Gasteiger partial charge in [-0.25, -0.2) is 4.39 Å². The van der Waals surface area contributed by atoms with Crippen molar-refractivity contribution >= 4 is 27.8 Å². The second-order valence-electron chi connectivity index (χ2n) is 14.6. The lowest BCUT2D eigenvalue weighted by molar-refractivity contribution is 0.487. The van der Waals surface area contributed by atoms with Crippen LogP contribution in [-0.2, 0) is 5.41 Å². The van der Waals surface area contributed by atoms with Crippen molar-refractivity contribution in [1.82, 2.24) is 0 Å². The van der Waals surface area contributed by atoms with E-state index in [2.05, 4.69) is 175 Å². The summed E-state index contributed by atoms with van der Waals surface area (Å²) < 4.78 is 20.8. The van der Waals surface area contributed by atoms with Crippen molar-refractivity contribution in [1.29, 1.82) is 0 Å². The average molecular weight is 720 g/mol. The van der Waals surface area contributed by atoms with Gasteiger partial charge in [-0.2, -0.15) is 0 Å². The first kappa shape index (κ1) is 32.2.